The van der Waals surface area contributed by atoms with E-state index in [0.29, 0.717) is 10.7 Å². The summed E-state index contributed by atoms with van der Waals surface area (Å²) in [5, 5.41) is 0.412. The fourth-order valence-electron chi connectivity index (χ4n) is 1.65. The van der Waals surface area contributed by atoms with E-state index in [1.165, 1.54) is 0 Å². The highest BCUT2D eigenvalue weighted by Crippen LogP contribution is 2.25. The van der Waals surface area contributed by atoms with E-state index >= 15 is 0 Å². The molecule has 0 spiro atoms. The number of benzene rings is 1. The summed E-state index contributed by atoms with van der Waals surface area (Å²) in [6.45, 7) is 1.73. The average Bonchev–Trinajstić information content (AvgIpc) is 2.25. The van der Waals surface area contributed by atoms with Crippen molar-refractivity contribution < 1.29 is 16.8 Å². The van der Waals surface area contributed by atoms with Crippen molar-refractivity contribution in [2.45, 2.75) is 6.92 Å². The monoisotopic (exact) mass is 340 g/mol. The molecule has 114 valence electrons. The number of hydrogen-bond donors (Lipinski definition) is 1. The number of sulfonamides is 2. The van der Waals surface area contributed by atoms with Crippen LogP contribution in [-0.2, 0) is 20.0 Å². The molecule has 1 aromatic rings. The summed E-state index contributed by atoms with van der Waals surface area (Å²) in [5.41, 5.74) is 1.18. The van der Waals surface area contributed by atoms with Crippen LogP contribution >= 0.6 is 11.6 Å². The van der Waals surface area contributed by atoms with Gasteiger partial charge in [-0.3, -0.25) is 4.31 Å². The maximum Gasteiger partial charge on any atom is 0.232 e. The molecule has 0 aliphatic carbocycles. The predicted molar refractivity (Wildman–Crippen MR) is 81.2 cm³/mol. The molecule has 0 radical (unpaired) electrons. The number of hydrogen-bond acceptors (Lipinski definition) is 4. The molecule has 1 rings (SSSR count). The largest absolute Gasteiger partial charge is 0.269 e. The third kappa shape index (κ3) is 5.28. The minimum Gasteiger partial charge on any atom is -0.269 e. The fraction of sp³-hybridized carbons (Fsp3) is 0.455. The summed E-state index contributed by atoms with van der Waals surface area (Å²) < 4.78 is 49.1. The van der Waals surface area contributed by atoms with Gasteiger partial charge >= 0.3 is 0 Å². The molecule has 9 heteroatoms. The zero-order valence-electron chi connectivity index (χ0n) is 11.4. The second-order valence-electron chi connectivity index (χ2n) is 4.43. The molecule has 0 saturated heterocycles. The summed E-state index contributed by atoms with van der Waals surface area (Å²) in [5.74, 6) is 0. The van der Waals surface area contributed by atoms with E-state index in [1.807, 2.05) is 0 Å². The van der Waals surface area contributed by atoms with Crippen molar-refractivity contribution >= 4 is 37.3 Å². The van der Waals surface area contributed by atoms with Crippen molar-refractivity contribution in [2.24, 2.45) is 0 Å². The molecule has 1 N–H and O–H groups in total. The van der Waals surface area contributed by atoms with Crippen LogP contribution in [0.4, 0.5) is 5.69 Å². The van der Waals surface area contributed by atoms with Crippen LogP contribution in [0.1, 0.15) is 5.56 Å². The van der Waals surface area contributed by atoms with Crippen LogP contribution in [0.5, 0.6) is 0 Å². The number of aryl methyl sites for hydroxylation is 1. The van der Waals surface area contributed by atoms with Gasteiger partial charge in [-0.2, -0.15) is 0 Å². The Kier molecular flexibility index (Phi) is 5.42. The molecule has 0 saturated carbocycles. The third-order valence-corrected chi connectivity index (χ3v) is 4.66. The minimum absolute atomic E-state index is 0.00686. The second-order valence-corrected chi connectivity index (χ2v) is 8.61. The molecule has 6 nitrogen and oxygen atoms in total. The topological polar surface area (TPSA) is 83.6 Å². The number of nitrogens with one attached hydrogen (secondary N) is 1. The SMILES string of the molecule is Cc1ccc(Cl)cc1N(CCNS(C)(=O)=O)S(C)(=O)=O. The van der Waals surface area contributed by atoms with Crippen LogP contribution < -0.4 is 9.03 Å². The lowest BCUT2D eigenvalue weighted by Gasteiger charge is -2.24. The Morgan fingerprint density at radius 2 is 1.80 bits per heavy atom. The number of nitrogens with zero attached hydrogens (tertiary/aromatic N) is 1. The fourth-order valence-corrected chi connectivity index (χ4v) is 3.25. The van der Waals surface area contributed by atoms with E-state index in [4.69, 9.17) is 11.6 Å². The van der Waals surface area contributed by atoms with Crippen LogP contribution in [0.2, 0.25) is 5.02 Å². The zero-order valence-corrected chi connectivity index (χ0v) is 13.8. The summed E-state index contributed by atoms with van der Waals surface area (Å²) in [6, 6.07) is 4.91. The first-order chi connectivity index (χ1) is 9.00. The smallest absolute Gasteiger partial charge is 0.232 e. The summed E-state index contributed by atoms with van der Waals surface area (Å²) >= 11 is 5.88. The van der Waals surface area contributed by atoms with Gasteiger partial charge in [-0.25, -0.2) is 21.6 Å². The van der Waals surface area contributed by atoms with Crippen molar-refractivity contribution in [1.82, 2.24) is 4.72 Å². The lowest BCUT2D eigenvalue weighted by atomic mass is 10.2. The van der Waals surface area contributed by atoms with Gasteiger partial charge in [0.2, 0.25) is 20.0 Å². The van der Waals surface area contributed by atoms with Crippen LogP contribution in [0, 0.1) is 6.92 Å². The molecule has 0 amide bonds. The van der Waals surface area contributed by atoms with Gasteiger partial charge in [-0.15, -0.1) is 0 Å². The highest BCUT2D eigenvalue weighted by molar-refractivity contribution is 7.92. The van der Waals surface area contributed by atoms with Gasteiger partial charge in [0.05, 0.1) is 18.2 Å². The Balaban J connectivity index is 3.05. The third-order valence-electron chi connectivity index (χ3n) is 2.52. The van der Waals surface area contributed by atoms with Gasteiger partial charge in [0.15, 0.2) is 0 Å². The quantitative estimate of drug-likeness (QED) is 0.836. The van der Waals surface area contributed by atoms with Crippen LogP contribution in [-0.4, -0.2) is 42.4 Å². The molecule has 0 bridgehead atoms. The predicted octanol–water partition coefficient (Wildman–Crippen LogP) is 0.964. The maximum absolute atomic E-state index is 11.9. The van der Waals surface area contributed by atoms with Gasteiger partial charge in [0.25, 0.3) is 0 Å². The second kappa shape index (κ2) is 6.30. The van der Waals surface area contributed by atoms with Gasteiger partial charge in [-0.05, 0) is 24.6 Å². The Morgan fingerprint density at radius 1 is 1.20 bits per heavy atom. The minimum atomic E-state index is -3.54. The van der Waals surface area contributed by atoms with Gasteiger partial charge in [-0.1, -0.05) is 17.7 Å². The van der Waals surface area contributed by atoms with Crippen LogP contribution in [0.25, 0.3) is 0 Å². The Bertz CT molecular complexity index is 686. The highest BCUT2D eigenvalue weighted by Gasteiger charge is 2.19. The molecule has 0 heterocycles. The summed E-state index contributed by atoms with van der Waals surface area (Å²) in [6.07, 6.45) is 2.08. The van der Waals surface area contributed by atoms with Crippen molar-refractivity contribution in [3.05, 3.63) is 28.8 Å². The molecule has 0 unspecified atom stereocenters. The van der Waals surface area contributed by atoms with Crippen LogP contribution in [0.15, 0.2) is 18.2 Å². The standard InChI is InChI=1S/C11H17ClN2O4S2/c1-9-4-5-10(12)8-11(9)14(20(3,17)18)7-6-13-19(2,15)16/h4-5,8,13H,6-7H2,1-3H3. The van der Waals surface area contributed by atoms with Gasteiger partial charge in [0, 0.05) is 18.1 Å². The molecule has 0 aromatic heterocycles. The summed E-state index contributed by atoms with van der Waals surface area (Å²) in [4.78, 5) is 0. The van der Waals surface area contributed by atoms with Crippen LogP contribution in [0.3, 0.4) is 0 Å². The average molecular weight is 341 g/mol. The summed E-state index contributed by atoms with van der Waals surface area (Å²) in [7, 11) is -6.90. The molecule has 0 fully saturated rings. The van der Waals surface area contributed by atoms with Gasteiger partial charge in [0.1, 0.15) is 0 Å². The lowest BCUT2D eigenvalue weighted by Crippen LogP contribution is -2.38. The Morgan fingerprint density at radius 3 is 2.30 bits per heavy atom. The maximum atomic E-state index is 11.9. The first-order valence-electron chi connectivity index (χ1n) is 5.69. The lowest BCUT2D eigenvalue weighted by molar-refractivity contribution is 0.583. The van der Waals surface area contributed by atoms with Crippen molar-refractivity contribution in [3.8, 4) is 0 Å². The molecule has 0 aliphatic rings. The van der Waals surface area contributed by atoms with Crippen molar-refractivity contribution in [1.29, 1.82) is 0 Å². The normalized spacial score (nSPS) is 12.4. The highest BCUT2D eigenvalue weighted by atomic mass is 35.5. The van der Waals surface area contributed by atoms with E-state index in [-0.39, 0.29) is 13.1 Å². The van der Waals surface area contributed by atoms with Crippen molar-refractivity contribution in [2.75, 3.05) is 29.9 Å². The molecule has 0 atom stereocenters. The zero-order chi connectivity index (χ0) is 15.6. The van der Waals surface area contributed by atoms with Crippen molar-refractivity contribution in [3.63, 3.8) is 0 Å². The van der Waals surface area contributed by atoms with E-state index in [9.17, 15) is 16.8 Å². The molecule has 20 heavy (non-hydrogen) atoms. The van der Waals surface area contributed by atoms with E-state index < -0.39 is 20.0 Å². The van der Waals surface area contributed by atoms with Gasteiger partial charge < -0.3 is 0 Å². The molecular formula is C11H17ClN2O4S2. The number of rotatable bonds is 6. The molecule has 0 aliphatic heterocycles. The molecule has 1 aromatic carbocycles. The number of anilines is 1. The van der Waals surface area contributed by atoms with E-state index in [1.54, 1.807) is 25.1 Å². The molecular weight excluding hydrogens is 324 g/mol. The van der Waals surface area contributed by atoms with E-state index in [2.05, 4.69) is 4.72 Å². The Labute approximate surface area is 124 Å². The first-order valence-corrected chi connectivity index (χ1v) is 9.81. The number of halogens is 1. The van der Waals surface area contributed by atoms with E-state index in [0.717, 1.165) is 22.4 Å². The first kappa shape index (κ1) is 17.2. The Hall–Kier alpha value is -0.830.